The van der Waals surface area contributed by atoms with Crippen LogP contribution in [0.15, 0.2) is 35.7 Å². The van der Waals surface area contributed by atoms with E-state index < -0.39 is 18.9 Å². The summed E-state index contributed by atoms with van der Waals surface area (Å²) in [6.45, 7) is 5.70. The van der Waals surface area contributed by atoms with Crippen LogP contribution in [-0.2, 0) is 4.79 Å². The summed E-state index contributed by atoms with van der Waals surface area (Å²) >= 11 is 0. The predicted molar refractivity (Wildman–Crippen MR) is 105 cm³/mol. The van der Waals surface area contributed by atoms with Gasteiger partial charge in [0.15, 0.2) is 0 Å². The predicted octanol–water partition coefficient (Wildman–Crippen LogP) is 2.99. The van der Waals surface area contributed by atoms with E-state index in [2.05, 4.69) is 10.3 Å². The number of anilines is 1. The van der Waals surface area contributed by atoms with Crippen molar-refractivity contribution in [1.29, 1.82) is 5.26 Å². The van der Waals surface area contributed by atoms with Crippen LogP contribution < -0.4 is 20.5 Å². The molecule has 0 unspecified atom stereocenters. The number of aromatic nitrogens is 1. The van der Waals surface area contributed by atoms with E-state index in [1.54, 1.807) is 26.1 Å². The summed E-state index contributed by atoms with van der Waals surface area (Å²) < 4.78 is 33.6. The van der Waals surface area contributed by atoms with Crippen LogP contribution in [-0.4, -0.2) is 24.5 Å². The lowest BCUT2D eigenvalue weighted by atomic mass is 9.79. The summed E-state index contributed by atoms with van der Waals surface area (Å²) in [4.78, 5) is 16.9. The lowest BCUT2D eigenvalue weighted by Crippen LogP contribution is -2.28. The van der Waals surface area contributed by atoms with Gasteiger partial charge in [0, 0.05) is 23.0 Å². The zero-order valence-electron chi connectivity index (χ0n) is 18.8. The van der Waals surface area contributed by atoms with Crippen LogP contribution in [0.1, 0.15) is 46.1 Å². The Bertz CT molecular complexity index is 1120. The van der Waals surface area contributed by atoms with Crippen LogP contribution in [0, 0.1) is 18.3 Å². The molecule has 0 bridgehead atoms. The van der Waals surface area contributed by atoms with Gasteiger partial charge >= 0.3 is 0 Å². The van der Waals surface area contributed by atoms with Crippen molar-refractivity contribution in [2.75, 3.05) is 19.0 Å². The molecule has 1 aliphatic heterocycles. The molecule has 7 heteroatoms. The molecule has 1 atom stereocenters. The van der Waals surface area contributed by atoms with Gasteiger partial charge in [-0.3, -0.25) is 4.79 Å². The van der Waals surface area contributed by atoms with Gasteiger partial charge in [-0.1, -0.05) is 6.07 Å². The average Bonchev–Trinajstić information content (AvgIpc) is 2.68. The number of hydrogen-bond donors (Lipinski definition) is 2. The van der Waals surface area contributed by atoms with Crippen molar-refractivity contribution in [2.24, 2.45) is 5.73 Å². The molecule has 2 aromatic rings. The molecule has 0 aliphatic carbocycles. The fourth-order valence-electron chi connectivity index (χ4n) is 3.48. The number of rotatable bonds is 5. The Hall–Kier alpha value is -3.53. The molecule has 3 N–H and O–H groups in total. The SMILES string of the molecule is [2H]C([2H])([2H])Oc1cc(C#N)ccc1[C@H]1C(C(N)=O)=C(C)Nc2c(C)cnc(OCC)c21. The lowest BCUT2D eigenvalue weighted by Gasteiger charge is -2.32. The van der Waals surface area contributed by atoms with Crippen molar-refractivity contribution >= 4 is 11.6 Å². The molecule has 144 valence electrons. The number of methoxy groups -OCH3 is 1. The second kappa shape index (κ2) is 7.61. The van der Waals surface area contributed by atoms with Crippen LogP contribution in [0.5, 0.6) is 11.6 Å². The molecule has 28 heavy (non-hydrogen) atoms. The van der Waals surface area contributed by atoms with E-state index in [0.717, 1.165) is 5.56 Å². The summed E-state index contributed by atoms with van der Waals surface area (Å²) in [5, 5.41) is 12.5. The lowest BCUT2D eigenvalue weighted by molar-refractivity contribution is -0.114. The van der Waals surface area contributed by atoms with Crippen molar-refractivity contribution < 1.29 is 18.4 Å². The number of nitrogens with zero attached hydrogens (tertiary/aromatic N) is 2. The topological polar surface area (TPSA) is 110 Å². The van der Waals surface area contributed by atoms with Crippen molar-refractivity contribution in [3.05, 3.63) is 57.9 Å². The molecule has 0 spiro atoms. The second-order valence-electron chi connectivity index (χ2n) is 6.40. The molecule has 0 radical (unpaired) electrons. The molecule has 0 fully saturated rings. The van der Waals surface area contributed by atoms with Gasteiger partial charge in [-0.25, -0.2) is 4.98 Å². The van der Waals surface area contributed by atoms with Crippen LogP contribution >= 0.6 is 0 Å². The van der Waals surface area contributed by atoms with Crippen LogP contribution in [0.4, 0.5) is 5.69 Å². The highest BCUT2D eigenvalue weighted by molar-refractivity contribution is 5.98. The maximum absolute atomic E-state index is 12.5. The van der Waals surface area contributed by atoms with Gasteiger partial charge in [-0.05, 0) is 38.5 Å². The van der Waals surface area contributed by atoms with E-state index in [4.69, 9.17) is 19.3 Å². The number of nitrogens with one attached hydrogen (secondary N) is 1. The number of nitrogens with two attached hydrogens (primary N) is 1. The van der Waals surface area contributed by atoms with Gasteiger partial charge in [0.25, 0.3) is 0 Å². The number of carbonyl (C=O) groups is 1. The minimum atomic E-state index is -2.77. The zero-order valence-corrected chi connectivity index (χ0v) is 15.8. The molecule has 1 aromatic heterocycles. The van der Waals surface area contributed by atoms with Crippen LogP contribution in [0.2, 0.25) is 0 Å². The first-order chi connectivity index (χ1) is 14.6. The molecular formula is C21H22N4O3. The van der Waals surface area contributed by atoms with E-state index in [1.165, 1.54) is 12.1 Å². The van der Waals surface area contributed by atoms with Crippen molar-refractivity contribution in [2.45, 2.75) is 26.7 Å². The number of allylic oxidation sites excluding steroid dienone is 1. The Labute approximate surface area is 168 Å². The van der Waals surface area contributed by atoms with Gasteiger partial charge in [0.05, 0.1) is 46.6 Å². The fourth-order valence-corrected chi connectivity index (χ4v) is 3.48. The van der Waals surface area contributed by atoms with Gasteiger partial charge in [0.1, 0.15) is 5.75 Å². The third kappa shape index (κ3) is 3.14. The highest BCUT2D eigenvalue weighted by atomic mass is 16.5. The van der Waals surface area contributed by atoms with Gasteiger partial charge < -0.3 is 20.5 Å². The van der Waals surface area contributed by atoms with Crippen LogP contribution in [0.25, 0.3) is 0 Å². The second-order valence-corrected chi connectivity index (χ2v) is 6.40. The summed E-state index contributed by atoms with van der Waals surface area (Å²) in [5.41, 5.74) is 9.09. The highest BCUT2D eigenvalue weighted by Gasteiger charge is 2.36. The largest absolute Gasteiger partial charge is 0.496 e. The van der Waals surface area contributed by atoms with Crippen molar-refractivity contribution in [3.8, 4) is 17.7 Å². The fraction of sp³-hybridized carbons (Fsp3) is 0.286. The first kappa shape index (κ1) is 15.5. The number of fused-ring (bicyclic) bond motifs is 1. The summed E-state index contributed by atoms with van der Waals surface area (Å²) in [6, 6.07) is 6.40. The van der Waals surface area contributed by atoms with Crippen LogP contribution in [0.3, 0.4) is 0 Å². The van der Waals surface area contributed by atoms with E-state index in [-0.39, 0.29) is 22.8 Å². The Morgan fingerprint density at radius 3 is 2.89 bits per heavy atom. The summed E-state index contributed by atoms with van der Waals surface area (Å²) in [5.74, 6) is -1.26. The third-order valence-corrected chi connectivity index (χ3v) is 4.67. The monoisotopic (exact) mass is 381 g/mol. The van der Waals surface area contributed by atoms with E-state index >= 15 is 0 Å². The number of nitriles is 1. The molecule has 1 amide bonds. The first-order valence-corrected chi connectivity index (χ1v) is 8.70. The Balaban J connectivity index is 2.38. The maximum atomic E-state index is 12.5. The number of benzene rings is 1. The number of primary amides is 1. The van der Waals surface area contributed by atoms with Gasteiger partial charge in [-0.15, -0.1) is 0 Å². The molecule has 2 heterocycles. The smallest absolute Gasteiger partial charge is 0.247 e. The summed E-state index contributed by atoms with van der Waals surface area (Å²) in [6.07, 6.45) is 1.65. The normalized spacial score (nSPS) is 17.4. The van der Waals surface area contributed by atoms with Gasteiger partial charge in [0.2, 0.25) is 11.8 Å². The molecule has 3 rings (SSSR count). The van der Waals surface area contributed by atoms with E-state index in [1.807, 2.05) is 13.0 Å². The molecular weight excluding hydrogens is 356 g/mol. The first-order valence-electron chi connectivity index (χ1n) is 10.2. The molecule has 0 saturated heterocycles. The number of aryl methyl sites for hydroxylation is 1. The molecule has 1 aromatic carbocycles. The third-order valence-electron chi connectivity index (χ3n) is 4.67. The van der Waals surface area contributed by atoms with Gasteiger partial charge in [-0.2, -0.15) is 5.26 Å². The number of hydrogen-bond acceptors (Lipinski definition) is 6. The number of ether oxygens (including phenoxy) is 2. The van der Waals surface area contributed by atoms with E-state index in [0.29, 0.717) is 29.1 Å². The Kier molecular flexibility index (Phi) is 4.22. The standard InChI is InChI=1S/C21H22N4O3/c1-5-28-21-18-17(14-7-6-13(9-22)8-15(14)27-4)16(20(23)26)12(3)25-19(18)11(2)10-24-21/h6-8,10,17,25H,5H2,1-4H3,(H2,23,26)/t17-/m0/s1/i4D3. The van der Waals surface area contributed by atoms with E-state index in [9.17, 15) is 10.1 Å². The molecule has 0 saturated carbocycles. The Morgan fingerprint density at radius 1 is 1.46 bits per heavy atom. The number of pyridine rings is 1. The van der Waals surface area contributed by atoms with Crippen molar-refractivity contribution in [3.63, 3.8) is 0 Å². The zero-order chi connectivity index (χ0) is 22.9. The quantitative estimate of drug-likeness (QED) is 0.824. The highest BCUT2D eigenvalue weighted by Crippen LogP contribution is 2.48. The molecule has 1 aliphatic rings. The minimum Gasteiger partial charge on any atom is -0.496 e. The number of carbonyl (C=O) groups excluding carboxylic acids is 1. The minimum absolute atomic E-state index is 0.0487. The molecule has 7 nitrogen and oxygen atoms in total. The number of amides is 1. The van der Waals surface area contributed by atoms with Crippen molar-refractivity contribution in [1.82, 2.24) is 4.98 Å². The summed E-state index contributed by atoms with van der Waals surface area (Å²) in [7, 11) is -2.77. The average molecular weight is 381 g/mol. The Morgan fingerprint density at radius 2 is 2.25 bits per heavy atom. The maximum Gasteiger partial charge on any atom is 0.247 e.